The molecule has 1 N–H and O–H groups in total. The summed E-state index contributed by atoms with van der Waals surface area (Å²) in [6.45, 7) is 3.67. The second-order valence-electron chi connectivity index (χ2n) is 4.75. The summed E-state index contributed by atoms with van der Waals surface area (Å²) in [5.41, 5.74) is 2.22. The second kappa shape index (κ2) is 6.33. The molecule has 110 valence electrons. The van der Waals surface area contributed by atoms with E-state index in [1.165, 1.54) is 16.8 Å². The van der Waals surface area contributed by atoms with Crippen molar-refractivity contribution in [3.05, 3.63) is 62.0 Å². The number of para-hydroxylation sites is 1. The number of anilines is 1. The molecule has 0 unspecified atom stereocenters. The predicted molar refractivity (Wildman–Crippen MR) is 85.3 cm³/mol. The van der Waals surface area contributed by atoms with E-state index in [1.807, 2.05) is 32.0 Å². The van der Waals surface area contributed by atoms with Gasteiger partial charge in [-0.05, 0) is 31.0 Å². The normalized spacial score (nSPS) is 10.5. The Morgan fingerprint density at radius 3 is 2.48 bits per heavy atom. The molecule has 21 heavy (non-hydrogen) atoms. The largest absolute Gasteiger partial charge is 0.324 e. The average molecular weight is 325 g/mol. The number of nitrogens with one attached hydrogen (secondary N) is 1. The molecule has 1 amide bonds. The molecule has 0 spiro atoms. The van der Waals surface area contributed by atoms with Crippen molar-refractivity contribution >= 4 is 34.8 Å². The molecule has 0 saturated heterocycles. The van der Waals surface area contributed by atoms with Crippen molar-refractivity contribution < 1.29 is 4.79 Å². The third kappa shape index (κ3) is 3.65. The Bertz CT molecular complexity index is 734. The molecule has 0 radical (unpaired) electrons. The first kappa shape index (κ1) is 15.6. The molecule has 1 aromatic carbocycles. The lowest BCUT2D eigenvalue weighted by Gasteiger charge is -2.12. The molecule has 0 atom stereocenters. The van der Waals surface area contributed by atoms with Gasteiger partial charge in [-0.1, -0.05) is 41.4 Å². The molecule has 0 aliphatic heterocycles. The van der Waals surface area contributed by atoms with E-state index in [0.717, 1.165) is 16.8 Å². The molecule has 0 saturated carbocycles. The van der Waals surface area contributed by atoms with E-state index in [4.69, 9.17) is 23.2 Å². The zero-order valence-electron chi connectivity index (χ0n) is 11.6. The van der Waals surface area contributed by atoms with E-state index >= 15 is 0 Å². The minimum absolute atomic E-state index is 0.0117. The second-order valence-corrected chi connectivity index (χ2v) is 5.60. The molecule has 0 aliphatic rings. The van der Waals surface area contributed by atoms with Gasteiger partial charge < -0.3 is 9.88 Å². The van der Waals surface area contributed by atoms with Crippen molar-refractivity contribution in [2.45, 2.75) is 20.4 Å². The lowest BCUT2D eigenvalue weighted by Crippen LogP contribution is -2.27. The van der Waals surface area contributed by atoms with Crippen LogP contribution in [0.15, 0.2) is 35.3 Å². The maximum Gasteiger partial charge on any atom is 0.269 e. The Morgan fingerprint density at radius 2 is 1.86 bits per heavy atom. The van der Waals surface area contributed by atoms with Crippen LogP contribution in [0.5, 0.6) is 0 Å². The summed E-state index contributed by atoms with van der Waals surface area (Å²) in [5.74, 6) is -0.312. The monoisotopic (exact) mass is 324 g/mol. The van der Waals surface area contributed by atoms with E-state index in [2.05, 4.69) is 5.32 Å². The number of carbonyl (C=O) groups is 1. The molecule has 4 nitrogen and oxygen atoms in total. The number of benzene rings is 1. The fourth-order valence-electron chi connectivity index (χ4n) is 2.03. The maximum absolute atomic E-state index is 12.1. The number of halogens is 2. The van der Waals surface area contributed by atoms with Gasteiger partial charge in [0.25, 0.3) is 5.56 Å². The summed E-state index contributed by atoms with van der Waals surface area (Å²) in [7, 11) is 0. The molecule has 0 bridgehead atoms. The molecular formula is C15H14Cl2N2O2. The molecule has 2 aromatic rings. The maximum atomic E-state index is 12.1. The highest BCUT2D eigenvalue weighted by Gasteiger charge is 2.10. The van der Waals surface area contributed by atoms with Gasteiger partial charge >= 0.3 is 0 Å². The Balaban J connectivity index is 2.22. The number of hydrogen-bond donors (Lipinski definition) is 1. The average Bonchev–Trinajstić information content (AvgIpc) is 2.40. The SMILES string of the molecule is Cc1cccc(C)c1NC(=O)Cn1cc(Cl)cc(Cl)c1=O. The lowest BCUT2D eigenvalue weighted by molar-refractivity contribution is -0.116. The Labute approximate surface area is 132 Å². The molecule has 0 aliphatic carbocycles. The number of aryl methyl sites for hydroxylation is 2. The minimum atomic E-state index is -0.447. The van der Waals surface area contributed by atoms with E-state index < -0.39 is 5.56 Å². The van der Waals surface area contributed by atoms with E-state index in [-0.39, 0.29) is 17.5 Å². The number of pyridine rings is 1. The van der Waals surface area contributed by atoms with Crippen LogP contribution >= 0.6 is 23.2 Å². The minimum Gasteiger partial charge on any atom is -0.324 e. The van der Waals surface area contributed by atoms with Crippen molar-refractivity contribution in [3.8, 4) is 0 Å². The Kier molecular flexibility index (Phi) is 4.70. The first-order chi connectivity index (χ1) is 9.88. The summed E-state index contributed by atoms with van der Waals surface area (Å²) >= 11 is 11.6. The van der Waals surface area contributed by atoms with E-state index in [9.17, 15) is 9.59 Å². The van der Waals surface area contributed by atoms with E-state index in [1.54, 1.807) is 0 Å². The lowest BCUT2D eigenvalue weighted by atomic mass is 10.1. The van der Waals surface area contributed by atoms with Gasteiger partial charge in [0.05, 0.1) is 5.02 Å². The Hall–Kier alpha value is -1.78. The van der Waals surface area contributed by atoms with Crippen LogP contribution in [0, 0.1) is 13.8 Å². The molecular weight excluding hydrogens is 311 g/mol. The number of aromatic nitrogens is 1. The molecule has 0 fully saturated rings. The third-order valence-electron chi connectivity index (χ3n) is 3.07. The zero-order valence-corrected chi connectivity index (χ0v) is 13.1. The van der Waals surface area contributed by atoms with Crippen molar-refractivity contribution in [1.82, 2.24) is 4.57 Å². The fourth-order valence-corrected chi connectivity index (χ4v) is 2.54. The van der Waals surface area contributed by atoms with Crippen LogP contribution in [0.1, 0.15) is 11.1 Å². The van der Waals surface area contributed by atoms with Crippen LogP contribution in [-0.2, 0) is 11.3 Å². The van der Waals surface area contributed by atoms with Crippen molar-refractivity contribution in [2.24, 2.45) is 0 Å². The number of carbonyl (C=O) groups excluding carboxylic acids is 1. The molecule has 1 heterocycles. The number of hydrogen-bond acceptors (Lipinski definition) is 2. The van der Waals surface area contributed by atoms with Gasteiger partial charge in [-0.3, -0.25) is 9.59 Å². The summed E-state index contributed by atoms with van der Waals surface area (Å²) in [6.07, 6.45) is 1.39. The van der Waals surface area contributed by atoms with Gasteiger partial charge in [-0.2, -0.15) is 0 Å². The van der Waals surface area contributed by atoms with Crippen LogP contribution < -0.4 is 10.9 Å². The van der Waals surface area contributed by atoms with Gasteiger partial charge in [0.1, 0.15) is 11.6 Å². The van der Waals surface area contributed by atoms with Crippen LogP contribution in [0.25, 0.3) is 0 Å². The Morgan fingerprint density at radius 1 is 1.24 bits per heavy atom. The number of rotatable bonds is 3. The highest BCUT2D eigenvalue weighted by molar-refractivity contribution is 6.34. The topological polar surface area (TPSA) is 51.1 Å². The highest BCUT2D eigenvalue weighted by atomic mass is 35.5. The zero-order chi connectivity index (χ0) is 15.6. The standard InChI is InChI=1S/C15H14Cl2N2O2/c1-9-4-3-5-10(2)14(9)18-13(20)8-19-7-11(16)6-12(17)15(19)21/h3-7H,8H2,1-2H3,(H,18,20). The number of amides is 1. The first-order valence-electron chi connectivity index (χ1n) is 6.30. The number of nitrogens with zero attached hydrogens (tertiary/aromatic N) is 1. The smallest absolute Gasteiger partial charge is 0.269 e. The van der Waals surface area contributed by atoms with Crippen LogP contribution in [-0.4, -0.2) is 10.5 Å². The quantitative estimate of drug-likeness (QED) is 0.940. The van der Waals surface area contributed by atoms with Crippen LogP contribution in [0.2, 0.25) is 10.0 Å². The highest BCUT2D eigenvalue weighted by Crippen LogP contribution is 2.19. The van der Waals surface area contributed by atoms with Crippen LogP contribution in [0.4, 0.5) is 5.69 Å². The van der Waals surface area contributed by atoms with Gasteiger partial charge in [-0.25, -0.2) is 0 Å². The van der Waals surface area contributed by atoms with Crippen molar-refractivity contribution in [1.29, 1.82) is 0 Å². The molecule has 1 aromatic heterocycles. The van der Waals surface area contributed by atoms with Gasteiger partial charge in [0.15, 0.2) is 0 Å². The summed E-state index contributed by atoms with van der Waals surface area (Å²) in [5, 5.41) is 3.10. The molecule has 2 rings (SSSR count). The third-order valence-corrected chi connectivity index (χ3v) is 3.55. The van der Waals surface area contributed by atoms with Crippen molar-refractivity contribution in [2.75, 3.05) is 5.32 Å². The first-order valence-corrected chi connectivity index (χ1v) is 7.05. The van der Waals surface area contributed by atoms with Crippen molar-refractivity contribution in [3.63, 3.8) is 0 Å². The molecule has 6 heteroatoms. The van der Waals surface area contributed by atoms with E-state index in [0.29, 0.717) is 5.02 Å². The summed E-state index contributed by atoms with van der Waals surface area (Å²) in [4.78, 5) is 23.9. The van der Waals surface area contributed by atoms with Gasteiger partial charge in [0, 0.05) is 11.9 Å². The summed E-state index contributed by atoms with van der Waals surface area (Å²) in [6, 6.07) is 7.09. The van der Waals surface area contributed by atoms with Crippen LogP contribution in [0.3, 0.4) is 0 Å². The van der Waals surface area contributed by atoms with Gasteiger partial charge in [0.2, 0.25) is 5.91 Å². The van der Waals surface area contributed by atoms with Gasteiger partial charge in [-0.15, -0.1) is 0 Å². The summed E-state index contributed by atoms with van der Waals surface area (Å²) < 4.78 is 1.19. The fraction of sp³-hybridized carbons (Fsp3) is 0.200. The predicted octanol–water partition coefficient (Wildman–Crippen LogP) is 3.41.